The van der Waals surface area contributed by atoms with Crippen molar-refractivity contribution in [3.63, 3.8) is 0 Å². The van der Waals surface area contributed by atoms with E-state index < -0.39 is 22.2 Å². The summed E-state index contributed by atoms with van der Waals surface area (Å²) in [5, 5.41) is 25.5. The van der Waals surface area contributed by atoms with Gasteiger partial charge in [0.05, 0.1) is 6.26 Å². The summed E-state index contributed by atoms with van der Waals surface area (Å²) < 4.78 is 23.9. The monoisotopic (exact) mass is 370 g/mol. The van der Waals surface area contributed by atoms with E-state index in [9.17, 15) is 18.3 Å². The van der Waals surface area contributed by atoms with Crippen molar-refractivity contribution in [1.29, 1.82) is 0 Å². The van der Waals surface area contributed by atoms with Gasteiger partial charge < -0.3 is 25.8 Å². The van der Waals surface area contributed by atoms with Crippen molar-refractivity contribution in [3.05, 3.63) is 29.5 Å². The molecule has 25 heavy (non-hydrogen) atoms. The molecule has 1 heterocycles. The zero-order valence-electron chi connectivity index (χ0n) is 14.0. The van der Waals surface area contributed by atoms with Gasteiger partial charge in [-0.15, -0.1) is 0 Å². The number of carboxylic acids is 1. The Morgan fingerprint density at radius 3 is 2.68 bits per heavy atom. The van der Waals surface area contributed by atoms with Gasteiger partial charge >= 0.3 is 5.97 Å². The van der Waals surface area contributed by atoms with Crippen molar-refractivity contribution in [2.45, 2.75) is 13.2 Å². The minimum Gasteiger partial charge on any atom is -0.477 e. The molecule has 0 saturated heterocycles. The number of hydrogen-bond acceptors (Lipinski definition) is 6. The molecule has 0 spiro atoms. The standard InChI is InChI=1S/C15H22N4O5S/c1-9-11-4-3-10(7-12(11)18-14(9)15(21)22)17-6-5-16-8-13(20)19-25(2,23)24/h3-4,7,13,16-20H,5-6,8H2,1-2H3,(H,21,22). The van der Waals surface area contributed by atoms with E-state index in [-0.39, 0.29) is 12.2 Å². The molecule has 1 unspecified atom stereocenters. The van der Waals surface area contributed by atoms with E-state index in [2.05, 4.69) is 20.3 Å². The molecule has 0 fully saturated rings. The first-order chi connectivity index (χ1) is 11.7. The maximum Gasteiger partial charge on any atom is 0.352 e. The number of anilines is 1. The van der Waals surface area contributed by atoms with Gasteiger partial charge in [-0.05, 0) is 24.6 Å². The lowest BCUT2D eigenvalue weighted by Crippen LogP contribution is -2.42. The zero-order valence-corrected chi connectivity index (χ0v) is 14.8. The highest BCUT2D eigenvalue weighted by Crippen LogP contribution is 2.24. The van der Waals surface area contributed by atoms with E-state index in [0.717, 1.165) is 22.8 Å². The van der Waals surface area contributed by atoms with Crippen molar-refractivity contribution in [2.75, 3.05) is 31.2 Å². The van der Waals surface area contributed by atoms with Crippen molar-refractivity contribution < 1.29 is 23.4 Å². The normalized spacial score (nSPS) is 13.1. The first-order valence-electron chi connectivity index (χ1n) is 7.63. The zero-order chi connectivity index (χ0) is 18.6. The average Bonchev–Trinajstić information content (AvgIpc) is 2.82. The number of rotatable bonds is 9. The molecule has 138 valence electrons. The molecular formula is C15H22N4O5S. The Hall–Kier alpha value is -2.14. The molecule has 0 bridgehead atoms. The largest absolute Gasteiger partial charge is 0.477 e. The fraction of sp³-hybridized carbons (Fsp3) is 0.400. The lowest BCUT2D eigenvalue weighted by molar-refractivity contribution is 0.0690. The van der Waals surface area contributed by atoms with Crippen LogP contribution in [0.1, 0.15) is 16.1 Å². The Morgan fingerprint density at radius 2 is 2.04 bits per heavy atom. The number of sulfonamides is 1. The van der Waals surface area contributed by atoms with Crippen LogP contribution in [-0.2, 0) is 10.0 Å². The van der Waals surface area contributed by atoms with Crippen LogP contribution >= 0.6 is 0 Å². The predicted molar refractivity (Wildman–Crippen MR) is 95.3 cm³/mol. The third-order valence-corrected chi connectivity index (χ3v) is 4.29. The van der Waals surface area contributed by atoms with Crippen LogP contribution in [0.3, 0.4) is 0 Å². The van der Waals surface area contributed by atoms with Crippen molar-refractivity contribution >= 4 is 32.6 Å². The summed E-state index contributed by atoms with van der Waals surface area (Å²) in [6.45, 7) is 2.90. The number of aryl methyl sites for hydroxylation is 1. The highest BCUT2D eigenvalue weighted by Gasteiger charge is 2.13. The van der Waals surface area contributed by atoms with Gasteiger partial charge in [0.25, 0.3) is 0 Å². The maximum absolute atomic E-state index is 11.1. The highest BCUT2D eigenvalue weighted by atomic mass is 32.2. The van der Waals surface area contributed by atoms with Crippen LogP contribution in [0.15, 0.2) is 18.2 Å². The van der Waals surface area contributed by atoms with Crippen LogP contribution in [0.2, 0.25) is 0 Å². The van der Waals surface area contributed by atoms with Gasteiger partial charge in [-0.1, -0.05) is 6.07 Å². The van der Waals surface area contributed by atoms with Gasteiger partial charge in [0.2, 0.25) is 10.0 Å². The Labute approximate surface area is 145 Å². The molecule has 0 radical (unpaired) electrons. The van der Waals surface area contributed by atoms with E-state index in [4.69, 9.17) is 5.11 Å². The smallest absolute Gasteiger partial charge is 0.352 e. The number of carboxylic acid groups (broad SMARTS) is 1. The quantitative estimate of drug-likeness (QED) is 0.270. The number of benzene rings is 1. The highest BCUT2D eigenvalue weighted by molar-refractivity contribution is 7.88. The summed E-state index contributed by atoms with van der Waals surface area (Å²) in [5.41, 5.74) is 2.44. The molecule has 0 aliphatic heterocycles. The number of hydrogen-bond donors (Lipinski definition) is 6. The lowest BCUT2D eigenvalue weighted by Gasteiger charge is -2.12. The molecule has 6 N–H and O–H groups in total. The summed E-state index contributed by atoms with van der Waals surface area (Å²) in [7, 11) is -3.44. The Bertz CT molecular complexity index is 862. The summed E-state index contributed by atoms with van der Waals surface area (Å²) in [4.78, 5) is 14.0. The van der Waals surface area contributed by atoms with Crippen LogP contribution in [0.4, 0.5) is 5.69 Å². The van der Waals surface area contributed by atoms with Crippen LogP contribution in [-0.4, -0.2) is 61.7 Å². The van der Waals surface area contributed by atoms with Crippen LogP contribution < -0.4 is 15.4 Å². The summed E-state index contributed by atoms with van der Waals surface area (Å²) >= 11 is 0. The van der Waals surface area contributed by atoms with Crippen molar-refractivity contribution in [1.82, 2.24) is 15.0 Å². The number of carbonyl (C=O) groups is 1. The first kappa shape index (κ1) is 19.2. The number of aliphatic hydroxyl groups excluding tert-OH is 1. The predicted octanol–water partition coefficient (Wildman–Crippen LogP) is 0.0436. The number of aliphatic hydroxyl groups is 1. The molecule has 0 saturated carbocycles. The molecule has 2 rings (SSSR count). The molecule has 0 aliphatic rings. The number of aromatic amines is 1. The van der Waals surface area contributed by atoms with Gasteiger partial charge in [0.1, 0.15) is 11.9 Å². The van der Waals surface area contributed by atoms with Crippen LogP contribution in [0, 0.1) is 6.92 Å². The SMILES string of the molecule is Cc1c(C(=O)O)[nH]c2cc(NCCNCC(O)NS(C)(=O)=O)ccc12. The van der Waals surface area contributed by atoms with Gasteiger partial charge in [0.15, 0.2) is 0 Å². The minimum atomic E-state index is -3.44. The second-order valence-electron chi connectivity index (χ2n) is 5.73. The molecule has 0 amide bonds. The third-order valence-electron chi connectivity index (χ3n) is 3.59. The molecule has 10 heteroatoms. The summed E-state index contributed by atoms with van der Waals surface area (Å²) in [6.07, 6.45) is -0.200. The van der Waals surface area contributed by atoms with Gasteiger partial charge in [-0.25, -0.2) is 13.2 Å². The third kappa shape index (κ3) is 5.43. The van der Waals surface area contributed by atoms with E-state index in [1.807, 2.05) is 18.2 Å². The first-order valence-corrected chi connectivity index (χ1v) is 9.52. The lowest BCUT2D eigenvalue weighted by atomic mass is 10.1. The number of nitrogens with one attached hydrogen (secondary N) is 4. The molecule has 1 aromatic carbocycles. The second kappa shape index (κ2) is 7.83. The molecule has 0 aliphatic carbocycles. The Balaban J connectivity index is 1.84. The molecule has 1 aromatic heterocycles. The number of H-pyrrole nitrogens is 1. The minimum absolute atomic E-state index is 0.0889. The topological polar surface area (TPSA) is 144 Å². The fourth-order valence-electron chi connectivity index (χ4n) is 2.48. The van der Waals surface area contributed by atoms with E-state index in [1.165, 1.54) is 0 Å². The number of fused-ring (bicyclic) bond motifs is 1. The Kier molecular flexibility index (Phi) is 6.01. The summed E-state index contributed by atoms with van der Waals surface area (Å²) in [6, 6.07) is 5.53. The summed E-state index contributed by atoms with van der Waals surface area (Å²) in [5.74, 6) is -0.992. The molecule has 9 nitrogen and oxygen atoms in total. The van der Waals surface area contributed by atoms with E-state index in [0.29, 0.717) is 18.7 Å². The van der Waals surface area contributed by atoms with E-state index in [1.54, 1.807) is 6.92 Å². The van der Waals surface area contributed by atoms with Crippen molar-refractivity contribution in [3.8, 4) is 0 Å². The van der Waals surface area contributed by atoms with Crippen molar-refractivity contribution in [2.24, 2.45) is 0 Å². The Morgan fingerprint density at radius 1 is 1.32 bits per heavy atom. The number of aromatic carboxylic acids is 1. The number of aromatic nitrogens is 1. The molecule has 1 atom stereocenters. The van der Waals surface area contributed by atoms with Gasteiger partial charge in [-0.3, -0.25) is 0 Å². The van der Waals surface area contributed by atoms with Gasteiger partial charge in [-0.2, -0.15) is 4.72 Å². The molecule has 2 aromatic rings. The van der Waals surface area contributed by atoms with E-state index >= 15 is 0 Å². The average molecular weight is 370 g/mol. The fourth-order valence-corrected chi connectivity index (χ4v) is 3.06. The van der Waals surface area contributed by atoms with Crippen LogP contribution in [0.5, 0.6) is 0 Å². The van der Waals surface area contributed by atoms with Gasteiger partial charge in [0, 0.05) is 36.2 Å². The maximum atomic E-state index is 11.1. The molecular weight excluding hydrogens is 348 g/mol. The second-order valence-corrected chi connectivity index (χ2v) is 7.51. The van der Waals surface area contributed by atoms with Crippen LogP contribution in [0.25, 0.3) is 10.9 Å².